The van der Waals surface area contributed by atoms with Gasteiger partial charge in [0.15, 0.2) is 0 Å². The van der Waals surface area contributed by atoms with E-state index in [9.17, 15) is 0 Å². The molecule has 0 amide bonds. The highest BCUT2D eigenvalue weighted by molar-refractivity contribution is 9.10. The lowest BCUT2D eigenvalue weighted by molar-refractivity contribution is 0.389. The van der Waals surface area contributed by atoms with E-state index in [0.717, 1.165) is 15.6 Å². The predicted molar refractivity (Wildman–Crippen MR) is 103 cm³/mol. The first-order chi connectivity index (χ1) is 13.2. The fourth-order valence-electron chi connectivity index (χ4n) is 2.39. The normalized spacial score (nSPS) is 10.9. The molecule has 27 heavy (non-hydrogen) atoms. The molecule has 4 aromatic rings. The average molecular weight is 445 g/mol. The Bertz CT molecular complexity index is 1070. The lowest BCUT2D eigenvalue weighted by Gasteiger charge is -2.02. The Labute approximate surface area is 167 Å². The van der Waals surface area contributed by atoms with Crippen molar-refractivity contribution in [2.45, 2.75) is 11.0 Å². The van der Waals surface area contributed by atoms with Crippen LogP contribution in [0.2, 0.25) is 0 Å². The minimum Gasteiger partial charge on any atom is -0.496 e. The molecule has 2 aromatic heterocycles. The van der Waals surface area contributed by atoms with Crippen molar-refractivity contribution in [3.63, 3.8) is 0 Å². The number of aromatic nitrogens is 4. The van der Waals surface area contributed by atoms with Crippen LogP contribution in [0, 0.1) is 0 Å². The largest absolute Gasteiger partial charge is 0.496 e. The maximum atomic E-state index is 5.70. The minimum atomic E-state index is 0.416. The molecule has 0 spiro atoms. The first-order valence-corrected chi connectivity index (χ1v) is 9.69. The summed E-state index contributed by atoms with van der Waals surface area (Å²) in [5.74, 6) is 2.49. The van der Waals surface area contributed by atoms with E-state index in [1.54, 1.807) is 7.11 Å². The molecule has 0 aliphatic heterocycles. The van der Waals surface area contributed by atoms with E-state index in [-0.39, 0.29) is 0 Å². The summed E-state index contributed by atoms with van der Waals surface area (Å²) < 4.78 is 17.2. The van der Waals surface area contributed by atoms with Gasteiger partial charge in [-0.1, -0.05) is 41.2 Å². The lowest BCUT2D eigenvalue weighted by atomic mass is 10.2. The summed E-state index contributed by atoms with van der Waals surface area (Å²) in [6.45, 7) is 0. The quantitative estimate of drug-likeness (QED) is 0.390. The Morgan fingerprint density at radius 1 is 1.04 bits per heavy atom. The SMILES string of the molecule is COc1ccccc1-c1noc(CSc2nnc(-c3ccccc3Br)o2)n1. The third-order valence-corrected chi connectivity index (χ3v) is 5.14. The molecule has 4 rings (SSSR count). The maximum Gasteiger partial charge on any atom is 0.277 e. The zero-order chi connectivity index (χ0) is 18.6. The van der Waals surface area contributed by atoms with Crippen LogP contribution in [-0.4, -0.2) is 27.4 Å². The van der Waals surface area contributed by atoms with Gasteiger partial charge in [0.25, 0.3) is 5.22 Å². The van der Waals surface area contributed by atoms with Crippen molar-refractivity contribution in [3.05, 3.63) is 58.9 Å². The van der Waals surface area contributed by atoms with Gasteiger partial charge in [0.05, 0.1) is 24.0 Å². The van der Waals surface area contributed by atoms with Crippen molar-refractivity contribution in [2.24, 2.45) is 0 Å². The highest BCUT2D eigenvalue weighted by Gasteiger charge is 2.15. The van der Waals surface area contributed by atoms with Crippen LogP contribution in [0.4, 0.5) is 0 Å². The van der Waals surface area contributed by atoms with Gasteiger partial charge in [-0.15, -0.1) is 10.2 Å². The third kappa shape index (κ3) is 3.88. The third-order valence-electron chi connectivity index (χ3n) is 3.65. The smallest absolute Gasteiger partial charge is 0.277 e. The molecule has 0 radical (unpaired) electrons. The van der Waals surface area contributed by atoms with E-state index in [4.69, 9.17) is 13.7 Å². The van der Waals surface area contributed by atoms with Crippen molar-refractivity contribution >= 4 is 27.7 Å². The van der Waals surface area contributed by atoms with Crippen molar-refractivity contribution < 1.29 is 13.7 Å². The van der Waals surface area contributed by atoms with Crippen molar-refractivity contribution in [1.82, 2.24) is 20.3 Å². The summed E-state index contributed by atoms with van der Waals surface area (Å²) in [5, 5.41) is 12.6. The monoisotopic (exact) mass is 444 g/mol. The molecule has 0 N–H and O–H groups in total. The molecule has 136 valence electrons. The second kappa shape index (κ2) is 7.93. The molecule has 0 aliphatic rings. The molecular formula is C18H13BrN4O3S. The summed E-state index contributed by atoms with van der Waals surface area (Å²) in [6.07, 6.45) is 0. The summed E-state index contributed by atoms with van der Waals surface area (Å²) in [5.41, 5.74) is 1.61. The van der Waals surface area contributed by atoms with E-state index in [0.29, 0.717) is 34.3 Å². The fraction of sp³-hybridized carbons (Fsp3) is 0.111. The molecule has 0 atom stereocenters. The number of thioether (sulfide) groups is 1. The highest BCUT2D eigenvalue weighted by atomic mass is 79.9. The van der Waals surface area contributed by atoms with Gasteiger partial charge < -0.3 is 13.7 Å². The van der Waals surface area contributed by atoms with Gasteiger partial charge in [0.2, 0.25) is 17.6 Å². The van der Waals surface area contributed by atoms with Crippen LogP contribution in [0.15, 0.2) is 67.2 Å². The number of methoxy groups -OCH3 is 1. The number of hydrogen-bond acceptors (Lipinski definition) is 8. The number of para-hydroxylation sites is 1. The summed E-state index contributed by atoms with van der Waals surface area (Å²) in [7, 11) is 1.61. The molecule has 9 heteroatoms. The van der Waals surface area contributed by atoms with Gasteiger partial charge >= 0.3 is 0 Å². The number of rotatable bonds is 6. The molecule has 0 bridgehead atoms. The van der Waals surface area contributed by atoms with Crippen LogP contribution >= 0.6 is 27.7 Å². The predicted octanol–water partition coefficient (Wildman–Crippen LogP) is 4.85. The van der Waals surface area contributed by atoms with E-state index >= 15 is 0 Å². The number of hydrogen-bond donors (Lipinski definition) is 0. The van der Waals surface area contributed by atoms with E-state index in [1.807, 2.05) is 48.5 Å². The molecule has 0 saturated carbocycles. The molecule has 7 nitrogen and oxygen atoms in total. The van der Waals surface area contributed by atoms with Gasteiger partial charge in [0, 0.05) is 4.47 Å². The Balaban J connectivity index is 1.46. The number of ether oxygens (including phenoxy) is 1. The molecule has 0 saturated heterocycles. The molecular weight excluding hydrogens is 432 g/mol. The number of benzene rings is 2. The number of halogens is 1. The van der Waals surface area contributed by atoms with Gasteiger partial charge in [-0.2, -0.15) is 4.98 Å². The Kier molecular flexibility index (Phi) is 5.21. The molecule has 0 aliphatic carbocycles. The van der Waals surface area contributed by atoms with Crippen molar-refractivity contribution in [3.8, 4) is 28.6 Å². The Hall–Kier alpha value is -2.65. The van der Waals surface area contributed by atoms with Gasteiger partial charge in [-0.3, -0.25) is 0 Å². The second-order valence-electron chi connectivity index (χ2n) is 5.35. The summed E-state index contributed by atoms with van der Waals surface area (Å²) in [4.78, 5) is 4.41. The van der Waals surface area contributed by atoms with Gasteiger partial charge in [0.1, 0.15) is 5.75 Å². The van der Waals surface area contributed by atoms with Crippen LogP contribution in [0.1, 0.15) is 5.89 Å². The van der Waals surface area contributed by atoms with E-state index in [2.05, 4.69) is 36.3 Å². The van der Waals surface area contributed by atoms with Gasteiger partial charge in [-0.25, -0.2) is 0 Å². The van der Waals surface area contributed by atoms with E-state index in [1.165, 1.54) is 11.8 Å². The fourth-order valence-corrected chi connectivity index (χ4v) is 3.44. The van der Waals surface area contributed by atoms with Crippen LogP contribution in [0.3, 0.4) is 0 Å². The van der Waals surface area contributed by atoms with Crippen LogP contribution in [-0.2, 0) is 5.75 Å². The second-order valence-corrected chi connectivity index (χ2v) is 7.13. The van der Waals surface area contributed by atoms with Crippen molar-refractivity contribution in [2.75, 3.05) is 7.11 Å². The standard InChI is InChI=1S/C18H13BrN4O3S/c1-24-14-9-5-3-7-12(14)16-20-15(26-23-16)10-27-18-22-21-17(25-18)11-6-2-4-8-13(11)19/h2-9H,10H2,1H3. The van der Waals surface area contributed by atoms with E-state index < -0.39 is 0 Å². The Morgan fingerprint density at radius 3 is 2.63 bits per heavy atom. The van der Waals surface area contributed by atoms with Crippen LogP contribution < -0.4 is 4.74 Å². The first kappa shape index (κ1) is 17.7. The van der Waals surface area contributed by atoms with Crippen LogP contribution in [0.5, 0.6) is 5.75 Å². The Morgan fingerprint density at radius 2 is 1.81 bits per heavy atom. The summed E-state index contributed by atoms with van der Waals surface area (Å²) in [6, 6.07) is 15.2. The number of nitrogens with zero attached hydrogens (tertiary/aromatic N) is 4. The minimum absolute atomic E-state index is 0.416. The maximum absolute atomic E-state index is 5.70. The topological polar surface area (TPSA) is 87.1 Å². The molecule has 2 heterocycles. The molecule has 0 fully saturated rings. The average Bonchev–Trinajstić information content (AvgIpc) is 3.36. The van der Waals surface area contributed by atoms with Crippen LogP contribution in [0.25, 0.3) is 22.8 Å². The lowest BCUT2D eigenvalue weighted by Crippen LogP contribution is -1.89. The zero-order valence-electron chi connectivity index (χ0n) is 14.1. The van der Waals surface area contributed by atoms with Gasteiger partial charge in [-0.05, 0) is 40.2 Å². The highest BCUT2D eigenvalue weighted by Crippen LogP contribution is 2.31. The molecule has 2 aromatic carbocycles. The molecule has 0 unspecified atom stereocenters. The first-order valence-electron chi connectivity index (χ1n) is 7.92. The van der Waals surface area contributed by atoms with Crippen molar-refractivity contribution in [1.29, 1.82) is 0 Å². The zero-order valence-corrected chi connectivity index (χ0v) is 16.5. The summed E-state index contributed by atoms with van der Waals surface area (Å²) >= 11 is 4.81.